The molecular weight excluding hydrogens is 422 g/mol. The minimum Gasteiger partial charge on any atom is -0.268 e. The molecule has 3 amide bonds. The average molecular weight is 438 g/mol. The minimum atomic E-state index is -0.378. The van der Waals surface area contributed by atoms with E-state index in [0.29, 0.717) is 22.4 Å². The van der Waals surface area contributed by atoms with Crippen molar-refractivity contribution < 1.29 is 14.4 Å². The summed E-state index contributed by atoms with van der Waals surface area (Å²) >= 11 is 3.32. The number of hydrogen-bond acceptors (Lipinski definition) is 3. The molecule has 4 rings (SSSR count). The Morgan fingerprint density at radius 1 is 0.857 bits per heavy atom. The fourth-order valence-corrected chi connectivity index (χ4v) is 3.58. The van der Waals surface area contributed by atoms with Crippen LogP contribution in [0.25, 0.3) is 0 Å². The van der Waals surface area contributed by atoms with Gasteiger partial charge in [0.1, 0.15) is 0 Å². The van der Waals surface area contributed by atoms with E-state index in [-0.39, 0.29) is 17.7 Å². The third-order valence-electron chi connectivity index (χ3n) is 4.72. The fourth-order valence-electron chi connectivity index (χ4n) is 3.22. The summed E-state index contributed by atoms with van der Waals surface area (Å²) in [6.45, 7) is 3.80. The van der Waals surface area contributed by atoms with Gasteiger partial charge in [-0.2, -0.15) is 0 Å². The summed E-state index contributed by atoms with van der Waals surface area (Å²) in [5.41, 5.74) is 6.24. The topological polar surface area (TPSA) is 71.4 Å². The molecule has 3 aromatic rings. The lowest BCUT2D eigenvalue weighted by atomic mass is 10.1. The Morgan fingerprint density at radius 2 is 1.46 bits per heavy atom. The first kappa shape index (κ1) is 18.2. The van der Waals surface area contributed by atoms with Gasteiger partial charge in [-0.1, -0.05) is 15.9 Å². The smallest absolute Gasteiger partial charge is 0.268 e. The summed E-state index contributed by atoms with van der Waals surface area (Å²) in [5.74, 6) is -1.03. The molecule has 6 nitrogen and oxygen atoms in total. The fraction of sp³-hybridized carbons (Fsp3) is 0.0952. The van der Waals surface area contributed by atoms with Gasteiger partial charge in [0.15, 0.2) is 0 Å². The number of carbonyl (C=O) groups excluding carboxylic acids is 3. The van der Waals surface area contributed by atoms with E-state index in [9.17, 15) is 14.4 Å². The predicted octanol–water partition coefficient (Wildman–Crippen LogP) is 4.05. The van der Waals surface area contributed by atoms with Crippen molar-refractivity contribution in [2.24, 2.45) is 0 Å². The molecule has 7 heteroatoms. The largest absolute Gasteiger partial charge is 0.270 e. The van der Waals surface area contributed by atoms with E-state index >= 15 is 0 Å². The third-order valence-corrected chi connectivity index (χ3v) is 5.21. The van der Waals surface area contributed by atoms with Gasteiger partial charge in [-0.05, 0) is 68.4 Å². The molecule has 0 bridgehead atoms. The van der Waals surface area contributed by atoms with Crippen molar-refractivity contribution in [3.8, 4) is 0 Å². The molecule has 2 aromatic carbocycles. The van der Waals surface area contributed by atoms with Crippen molar-refractivity contribution in [3.05, 3.63) is 87.1 Å². The van der Waals surface area contributed by atoms with Crippen LogP contribution in [-0.2, 0) is 0 Å². The lowest BCUT2D eigenvalue weighted by molar-refractivity contribution is 0.0925. The van der Waals surface area contributed by atoms with Crippen molar-refractivity contribution in [2.45, 2.75) is 13.8 Å². The highest BCUT2D eigenvalue weighted by atomic mass is 79.9. The molecule has 140 valence electrons. The second kappa shape index (κ2) is 6.76. The van der Waals surface area contributed by atoms with E-state index in [2.05, 4.69) is 21.4 Å². The maximum atomic E-state index is 12.7. The second-order valence-electron chi connectivity index (χ2n) is 6.57. The van der Waals surface area contributed by atoms with Gasteiger partial charge in [0.05, 0.1) is 16.8 Å². The van der Waals surface area contributed by atoms with Crippen LogP contribution in [-0.4, -0.2) is 22.4 Å². The summed E-state index contributed by atoms with van der Waals surface area (Å²) in [5, 5.41) is 0. The zero-order chi connectivity index (χ0) is 20.0. The monoisotopic (exact) mass is 437 g/mol. The number of rotatable bonds is 3. The van der Waals surface area contributed by atoms with Crippen molar-refractivity contribution >= 4 is 39.3 Å². The normalized spacial score (nSPS) is 13.0. The van der Waals surface area contributed by atoms with Gasteiger partial charge in [-0.15, -0.1) is 0 Å². The average Bonchev–Trinajstić information content (AvgIpc) is 3.12. The van der Waals surface area contributed by atoms with E-state index in [0.717, 1.165) is 20.8 Å². The number of carbonyl (C=O) groups is 3. The lowest BCUT2D eigenvalue weighted by Gasteiger charge is -2.15. The molecule has 0 spiro atoms. The van der Waals surface area contributed by atoms with Gasteiger partial charge < -0.3 is 0 Å². The summed E-state index contributed by atoms with van der Waals surface area (Å²) in [4.78, 5) is 38.9. The molecule has 2 heterocycles. The number of halogens is 1. The molecule has 0 saturated carbocycles. The molecule has 0 atom stereocenters. The lowest BCUT2D eigenvalue weighted by Crippen LogP contribution is -2.29. The number of hydrogen-bond donors (Lipinski definition) is 1. The Hall–Kier alpha value is -3.19. The van der Waals surface area contributed by atoms with Crippen LogP contribution in [0.1, 0.15) is 42.5 Å². The van der Waals surface area contributed by atoms with Crippen LogP contribution in [0.2, 0.25) is 0 Å². The van der Waals surface area contributed by atoms with E-state index in [4.69, 9.17) is 0 Å². The summed E-state index contributed by atoms with van der Waals surface area (Å²) in [6.07, 6.45) is 0. The first-order valence-corrected chi connectivity index (χ1v) is 9.41. The van der Waals surface area contributed by atoms with Crippen LogP contribution in [0.15, 0.2) is 59.1 Å². The first-order valence-electron chi connectivity index (χ1n) is 8.61. The number of nitrogens with one attached hydrogen (secondary N) is 1. The molecule has 1 aromatic heterocycles. The number of fused-ring (bicyclic) bond motifs is 1. The van der Waals surface area contributed by atoms with Crippen molar-refractivity contribution in [1.29, 1.82) is 0 Å². The standard InChI is InChI=1S/C21H16BrN3O3/c1-12-3-4-13(2)25(12)23-19(26)14-5-8-16(9-6-14)24-20(27)17-10-7-15(22)11-18(17)21(24)28/h3-11H,1-2H3,(H,23,26). The minimum absolute atomic E-state index is 0.278. The van der Waals surface area contributed by atoms with Crippen LogP contribution in [0.4, 0.5) is 5.69 Å². The van der Waals surface area contributed by atoms with E-state index in [1.807, 2.05) is 26.0 Å². The first-order chi connectivity index (χ1) is 13.4. The highest BCUT2D eigenvalue weighted by Crippen LogP contribution is 2.30. The molecular formula is C21H16BrN3O3. The molecule has 1 aliphatic rings. The number of amides is 3. The molecule has 0 radical (unpaired) electrons. The van der Waals surface area contributed by atoms with Crippen LogP contribution in [0.3, 0.4) is 0 Å². The van der Waals surface area contributed by atoms with Crippen molar-refractivity contribution in [3.63, 3.8) is 0 Å². The Balaban J connectivity index is 1.58. The van der Waals surface area contributed by atoms with Crippen LogP contribution >= 0.6 is 15.9 Å². The number of anilines is 1. The van der Waals surface area contributed by atoms with E-state index < -0.39 is 0 Å². The van der Waals surface area contributed by atoms with Gasteiger partial charge >= 0.3 is 0 Å². The van der Waals surface area contributed by atoms with Crippen LogP contribution in [0, 0.1) is 13.8 Å². The van der Waals surface area contributed by atoms with Gasteiger partial charge in [0.25, 0.3) is 17.7 Å². The molecule has 0 saturated heterocycles. The second-order valence-corrected chi connectivity index (χ2v) is 7.49. The molecule has 0 unspecified atom stereocenters. The number of imide groups is 1. The van der Waals surface area contributed by atoms with Crippen LogP contribution in [0.5, 0.6) is 0 Å². The number of aromatic nitrogens is 1. The van der Waals surface area contributed by atoms with Crippen molar-refractivity contribution in [1.82, 2.24) is 4.68 Å². The highest BCUT2D eigenvalue weighted by Gasteiger charge is 2.36. The van der Waals surface area contributed by atoms with Crippen LogP contribution < -0.4 is 10.3 Å². The maximum Gasteiger partial charge on any atom is 0.270 e. The molecule has 0 aliphatic carbocycles. The Kier molecular flexibility index (Phi) is 4.39. The summed E-state index contributed by atoms with van der Waals surface area (Å²) in [6, 6.07) is 15.2. The molecule has 0 fully saturated rings. The number of aryl methyl sites for hydroxylation is 2. The Labute approximate surface area is 169 Å². The van der Waals surface area contributed by atoms with Crippen molar-refractivity contribution in [2.75, 3.05) is 10.3 Å². The van der Waals surface area contributed by atoms with Gasteiger partial charge in [-0.3, -0.25) is 24.5 Å². The zero-order valence-electron chi connectivity index (χ0n) is 15.2. The summed E-state index contributed by atoms with van der Waals surface area (Å²) in [7, 11) is 0. The summed E-state index contributed by atoms with van der Waals surface area (Å²) < 4.78 is 2.44. The number of benzene rings is 2. The van der Waals surface area contributed by atoms with Gasteiger partial charge in [0, 0.05) is 21.4 Å². The van der Waals surface area contributed by atoms with E-state index in [1.165, 1.54) is 0 Å². The maximum absolute atomic E-state index is 12.7. The Morgan fingerprint density at radius 3 is 2.11 bits per heavy atom. The quantitative estimate of drug-likeness (QED) is 0.628. The zero-order valence-corrected chi connectivity index (χ0v) is 16.8. The van der Waals surface area contributed by atoms with Gasteiger partial charge in [-0.25, -0.2) is 4.90 Å². The molecule has 1 aliphatic heterocycles. The molecule has 28 heavy (non-hydrogen) atoms. The SMILES string of the molecule is Cc1ccc(C)n1NC(=O)c1ccc(N2C(=O)c3ccc(Br)cc3C2=O)cc1. The van der Waals surface area contributed by atoms with Gasteiger partial charge in [0.2, 0.25) is 0 Å². The highest BCUT2D eigenvalue weighted by molar-refractivity contribution is 9.10. The third kappa shape index (κ3) is 2.93. The van der Waals surface area contributed by atoms with E-state index in [1.54, 1.807) is 47.1 Å². The predicted molar refractivity (Wildman–Crippen MR) is 109 cm³/mol. The Bertz CT molecular complexity index is 1110. The number of nitrogens with zero attached hydrogens (tertiary/aromatic N) is 2. The molecule has 1 N–H and O–H groups in total.